The predicted octanol–water partition coefficient (Wildman–Crippen LogP) is -0.793. The second-order valence-corrected chi connectivity index (χ2v) is 4.31. The lowest BCUT2D eigenvalue weighted by atomic mass is 10.1. The first-order chi connectivity index (χ1) is 8.58. The van der Waals surface area contributed by atoms with Crippen molar-refractivity contribution < 1.29 is 14.3 Å². The summed E-state index contributed by atoms with van der Waals surface area (Å²) < 4.78 is 4.61. The standard InChI is InChI=1S/C12H21N3O3/c1-3-4-10(13)12(17)15-7-5-14(6-8-15)9-11(16)18-2/h3,10H,1,4-9,13H2,2H3. The van der Waals surface area contributed by atoms with Gasteiger partial charge in [-0.1, -0.05) is 6.08 Å². The summed E-state index contributed by atoms with van der Waals surface area (Å²) in [7, 11) is 1.37. The Hall–Kier alpha value is -1.40. The summed E-state index contributed by atoms with van der Waals surface area (Å²) in [5.74, 6) is -0.300. The van der Waals surface area contributed by atoms with Gasteiger partial charge in [0.2, 0.25) is 5.91 Å². The lowest BCUT2D eigenvalue weighted by molar-refractivity contribution is -0.142. The highest BCUT2D eigenvalue weighted by Gasteiger charge is 2.25. The van der Waals surface area contributed by atoms with Crippen molar-refractivity contribution in [2.75, 3.05) is 39.8 Å². The first kappa shape index (κ1) is 14.7. The number of rotatable bonds is 5. The maximum atomic E-state index is 11.9. The van der Waals surface area contributed by atoms with Gasteiger partial charge in [-0.2, -0.15) is 0 Å². The van der Waals surface area contributed by atoms with E-state index in [0.717, 1.165) is 0 Å². The van der Waals surface area contributed by atoms with Gasteiger partial charge in [-0.05, 0) is 6.42 Å². The molecule has 1 aliphatic rings. The highest BCUT2D eigenvalue weighted by Crippen LogP contribution is 2.05. The van der Waals surface area contributed by atoms with E-state index in [-0.39, 0.29) is 18.4 Å². The zero-order chi connectivity index (χ0) is 13.5. The van der Waals surface area contributed by atoms with Crippen molar-refractivity contribution in [3.05, 3.63) is 12.7 Å². The molecule has 6 nitrogen and oxygen atoms in total. The van der Waals surface area contributed by atoms with Gasteiger partial charge < -0.3 is 15.4 Å². The van der Waals surface area contributed by atoms with Gasteiger partial charge in [-0.25, -0.2) is 0 Å². The molecule has 0 aliphatic carbocycles. The molecule has 1 atom stereocenters. The Kier molecular flexibility index (Phi) is 5.80. The second kappa shape index (κ2) is 7.13. The Morgan fingerprint density at radius 1 is 1.39 bits per heavy atom. The zero-order valence-corrected chi connectivity index (χ0v) is 10.8. The normalized spacial score (nSPS) is 18.2. The fraction of sp³-hybridized carbons (Fsp3) is 0.667. The molecule has 6 heteroatoms. The van der Waals surface area contributed by atoms with Crippen LogP contribution < -0.4 is 5.73 Å². The molecule has 1 rings (SSSR count). The van der Waals surface area contributed by atoms with Gasteiger partial charge in [0.1, 0.15) is 0 Å². The van der Waals surface area contributed by atoms with E-state index in [1.165, 1.54) is 7.11 Å². The van der Waals surface area contributed by atoms with Gasteiger partial charge in [0.05, 0.1) is 19.7 Å². The number of amides is 1. The number of nitrogens with two attached hydrogens (primary N) is 1. The Bertz CT molecular complexity index is 312. The van der Waals surface area contributed by atoms with Crippen LogP contribution in [0.1, 0.15) is 6.42 Å². The first-order valence-corrected chi connectivity index (χ1v) is 6.03. The number of carbonyl (C=O) groups excluding carboxylic acids is 2. The van der Waals surface area contributed by atoms with Crippen LogP contribution in [0.25, 0.3) is 0 Å². The van der Waals surface area contributed by atoms with Gasteiger partial charge in [-0.15, -0.1) is 6.58 Å². The summed E-state index contributed by atoms with van der Waals surface area (Å²) >= 11 is 0. The molecule has 1 fully saturated rings. The van der Waals surface area contributed by atoms with E-state index < -0.39 is 6.04 Å². The van der Waals surface area contributed by atoms with E-state index >= 15 is 0 Å². The van der Waals surface area contributed by atoms with Crippen LogP contribution in [0, 0.1) is 0 Å². The van der Waals surface area contributed by atoms with Crippen LogP contribution in [0.2, 0.25) is 0 Å². The molecule has 0 bridgehead atoms. The highest BCUT2D eigenvalue weighted by atomic mass is 16.5. The Balaban J connectivity index is 2.36. The molecule has 0 spiro atoms. The van der Waals surface area contributed by atoms with Gasteiger partial charge >= 0.3 is 5.97 Å². The van der Waals surface area contributed by atoms with E-state index in [1.807, 2.05) is 4.90 Å². The summed E-state index contributed by atoms with van der Waals surface area (Å²) in [5, 5.41) is 0. The quantitative estimate of drug-likeness (QED) is 0.514. The van der Waals surface area contributed by atoms with Crippen molar-refractivity contribution in [3.8, 4) is 0 Å². The van der Waals surface area contributed by atoms with Crippen molar-refractivity contribution in [1.29, 1.82) is 0 Å². The topological polar surface area (TPSA) is 75.9 Å². The molecule has 0 aromatic rings. The van der Waals surface area contributed by atoms with Gasteiger partial charge in [0, 0.05) is 26.2 Å². The molecule has 0 aromatic heterocycles. The molecular formula is C12H21N3O3. The van der Waals surface area contributed by atoms with Crippen LogP contribution in [0.5, 0.6) is 0 Å². The van der Waals surface area contributed by atoms with E-state index in [4.69, 9.17) is 5.73 Å². The van der Waals surface area contributed by atoms with E-state index in [0.29, 0.717) is 32.6 Å². The minimum Gasteiger partial charge on any atom is -0.468 e. The lowest BCUT2D eigenvalue weighted by Crippen LogP contribution is -2.53. The molecule has 18 heavy (non-hydrogen) atoms. The average molecular weight is 255 g/mol. The Morgan fingerprint density at radius 3 is 2.50 bits per heavy atom. The van der Waals surface area contributed by atoms with Crippen LogP contribution >= 0.6 is 0 Å². The summed E-state index contributed by atoms with van der Waals surface area (Å²) in [6, 6.07) is -0.505. The third-order valence-electron chi connectivity index (χ3n) is 3.00. The van der Waals surface area contributed by atoms with Crippen molar-refractivity contribution >= 4 is 11.9 Å². The average Bonchev–Trinajstić information content (AvgIpc) is 2.39. The smallest absolute Gasteiger partial charge is 0.319 e. The number of ether oxygens (including phenoxy) is 1. The number of carbonyl (C=O) groups is 2. The van der Waals surface area contributed by atoms with Gasteiger partial charge in [-0.3, -0.25) is 14.5 Å². The molecule has 102 valence electrons. The summed E-state index contributed by atoms with van der Waals surface area (Å²) in [6.45, 7) is 6.38. The molecule has 1 saturated heterocycles. The molecule has 1 aliphatic heterocycles. The van der Waals surface area contributed by atoms with Crippen LogP contribution in [0.3, 0.4) is 0 Å². The largest absolute Gasteiger partial charge is 0.468 e. The summed E-state index contributed by atoms with van der Waals surface area (Å²) in [5.41, 5.74) is 5.75. The number of hydrogen-bond acceptors (Lipinski definition) is 5. The van der Waals surface area contributed by atoms with Crippen LogP contribution in [0.15, 0.2) is 12.7 Å². The second-order valence-electron chi connectivity index (χ2n) is 4.31. The number of esters is 1. The molecule has 2 N–H and O–H groups in total. The van der Waals surface area contributed by atoms with Gasteiger partial charge in [0.25, 0.3) is 0 Å². The molecule has 0 saturated carbocycles. The van der Waals surface area contributed by atoms with Crippen LogP contribution in [0.4, 0.5) is 0 Å². The number of methoxy groups -OCH3 is 1. The minimum absolute atomic E-state index is 0.0485. The minimum atomic E-state index is -0.505. The first-order valence-electron chi connectivity index (χ1n) is 6.03. The molecule has 0 aromatic carbocycles. The highest BCUT2D eigenvalue weighted by molar-refractivity contribution is 5.82. The summed E-state index contributed by atoms with van der Waals surface area (Å²) in [4.78, 5) is 26.7. The Labute approximate surface area is 107 Å². The van der Waals surface area contributed by atoms with Crippen LogP contribution in [-0.4, -0.2) is 67.6 Å². The molecule has 1 heterocycles. The van der Waals surface area contributed by atoms with Crippen LogP contribution in [-0.2, 0) is 14.3 Å². The van der Waals surface area contributed by atoms with Crippen molar-refractivity contribution in [2.24, 2.45) is 5.73 Å². The van der Waals surface area contributed by atoms with Gasteiger partial charge in [0.15, 0.2) is 0 Å². The molecule has 1 unspecified atom stereocenters. The number of hydrogen-bond donors (Lipinski definition) is 1. The van der Waals surface area contributed by atoms with E-state index in [9.17, 15) is 9.59 Å². The third-order valence-corrected chi connectivity index (χ3v) is 3.00. The zero-order valence-electron chi connectivity index (χ0n) is 10.8. The van der Waals surface area contributed by atoms with Crippen molar-refractivity contribution in [2.45, 2.75) is 12.5 Å². The SMILES string of the molecule is C=CCC(N)C(=O)N1CCN(CC(=O)OC)CC1. The monoisotopic (exact) mass is 255 g/mol. The van der Waals surface area contributed by atoms with E-state index in [1.54, 1.807) is 11.0 Å². The maximum Gasteiger partial charge on any atom is 0.319 e. The molecule has 1 amide bonds. The molecular weight excluding hydrogens is 234 g/mol. The van der Waals surface area contributed by atoms with E-state index in [2.05, 4.69) is 11.3 Å². The summed E-state index contributed by atoms with van der Waals surface area (Å²) in [6.07, 6.45) is 2.14. The lowest BCUT2D eigenvalue weighted by Gasteiger charge is -2.35. The molecule has 0 radical (unpaired) electrons. The Morgan fingerprint density at radius 2 is 2.00 bits per heavy atom. The number of nitrogens with zero attached hydrogens (tertiary/aromatic N) is 2. The maximum absolute atomic E-state index is 11.9. The third kappa shape index (κ3) is 4.12. The fourth-order valence-electron chi connectivity index (χ4n) is 1.89. The predicted molar refractivity (Wildman–Crippen MR) is 67.8 cm³/mol. The van der Waals surface area contributed by atoms with Crippen molar-refractivity contribution in [3.63, 3.8) is 0 Å². The fourth-order valence-corrected chi connectivity index (χ4v) is 1.89. The van der Waals surface area contributed by atoms with Crippen molar-refractivity contribution in [1.82, 2.24) is 9.80 Å². The number of piperazine rings is 1.